The lowest BCUT2D eigenvalue weighted by molar-refractivity contribution is -0.199. The van der Waals surface area contributed by atoms with Crippen LogP contribution in [-0.4, -0.2) is 17.5 Å². The first kappa shape index (κ1) is 24.4. The van der Waals surface area contributed by atoms with Crippen LogP contribution in [0.3, 0.4) is 0 Å². The third kappa shape index (κ3) is 2.72. The second-order valence-corrected chi connectivity index (χ2v) is 14.3. The molecule has 3 fully saturated rings. The van der Waals surface area contributed by atoms with E-state index < -0.39 is 0 Å². The number of fused-ring (bicyclic) bond motifs is 7. The van der Waals surface area contributed by atoms with Crippen LogP contribution in [0.4, 0.5) is 0 Å². The molecular weight excluding hydrogens is 416 g/mol. The van der Waals surface area contributed by atoms with Gasteiger partial charge in [0.1, 0.15) is 0 Å². The van der Waals surface area contributed by atoms with Gasteiger partial charge < -0.3 is 5.11 Å². The molecule has 5 aliphatic rings. The van der Waals surface area contributed by atoms with Crippen molar-refractivity contribution in [2.45, 2.75) is 99.8 Å². The van der Waals surface area contributed by atoms with Crippen molar-refractivity contribution in [3.63, 3.8) is 0 Å². The maximum absolute atomic E-state index is 13.3. The lowest BCUT2D eigenvalue weighted by atomic mass is 9.33. The van der Waals surface area contributed by atoms with E-state index in [0.29, 0.717) is 30.0 Å². The number of Topliss-reactive ketones (excluding diaryl/α,β-unsaturated/α-hetero) is 1. The minimum absolute atomic E-state index is 0.0602. The fourth-order valence-corrected chi connectivity index (χ4v) is 10.8. The number of carbonyl (C=O) groups excluding carboxylic acids is 1. The molecule has 0 spiro atoms. The normalized spacial score (nSPS) is 47.4. The van der Waals surface area contributed by atoms with Crippen molar-refractivity contribution in [3.05, 3.63) is 22.8 Å². The maximum Gasteiger partial charge on any atom is 0.160 e. The zero-order valence-electron chi connectivity index (χ0n) is 22.7. The second kappa shape index (κ2) is 7.35. The molecule has 186 valence electrons. The first-order chi connectivity index (χ1) is 15.8. The number of terminal acetylenes is 1. The molecule has 2 heteroatoms. The molecule has 0 radical (unpaired) electrons. The SMILES string of the molecule is C#CC1=CC[C@]2(C)[C@H]3CC[C@@H]4C5=C(C(C)C)C(=O)C[C@]5(CO)CC[C@@]4(C)[C@]3(C)CC[C@H]2C1(C)C. The Balaban J connectivity index is 1.62. The van der Waals surface area contributed by atoms with Crippen LogP contribution in [0.25, 0.3) is 0 Å². The number of allylic oxidation sites excluding steroid dienone is 3. The molecule has 0 aliphatic heterocycles. The van der Waals surface area contributed by atoms with Crippen molar-refractivity contribution in [1.82, 2.24) is 0 Å². The van der Waals surface area contributed by atoms with Crippen molar-refractivity contribution >= 4 is 5.78 Å². The van der Waals surface area contributed by atoms with E-state index in [9.17, 15) is 9.90 Å². The summed E-state index contributed by atoms with van der Waals surface area (Å²) in [5.74, 6) is 5.29. The molecule has 0 amide bonds. The number of aliphatic hydroxyl groups is 1. The predicted octanol–water partition coefficient (Wildman–Crippen LogP) is 7.13. The topological polar surface area (TPSA) is 37.3 Å². The minimum Gasteiger partial charge on any atom is -0.395 e. The van der Waals surface area contributed by atoms with Gasteiger partial charge in [0.25, 0.3) is 0 Å². The van der Waals surface area contributed by atoms with Crippen LogP contribution in [0.2, 0.25) is 0 Å². The first-order valence-electron chi connectivity index (χ1n) is 13.9. The van der Waals surface area contributed by atoms with Crippen molar-refractivity contribution in [2.75, 3.05) is 6.61 Å². The van der Waals surface area contributed by atoms with Gasteiger partial charge in [-0.05, 0) is 90.4 Å². The second-order valence-electron chi connectivity index (χ2n) is 14.3. The molecule has 7 atom stereocenters. The molecule has 0 bridgehead atoms. The zero-order chi connectivity index (χ0) is 24.9. The Morgan fingerprint density at radius 2 is 1.74 bits per heavy atom. The van der Waals surface area contributed by atoms with Crippen LogP contribution in [0, 0.1) is 63.1 Å². The predicted molar refractivity (Wildman–Crippen MR) is 139 cm³/mol. The number of aliphatic hydroxyl groups excluding tert-OH is 1. The largest absolute Gasteiger partial charge is 0.395 e. The highest BCUT2D eigenvalue weighted by molar-refractivity contribution is 6.00. The summed E-state index contributed by atoms with van der Waals surface area (Å²) in [6, 6.07) is 0. The Bertz CT molecular complexity index is 1020. The first-order valence-corrected chi connectivity index (χ1v) is 13.9. The van der Waals surface area contributed by atoms with Gasteiger partial charge in [-0.15, -0.1) is 6.42 Å². The summed E-state index contributed by atoms with van der Waals surface area (Å²) in [4.78, 5) is 13.3. The number of rotatable bonds is 2. The monoisotopic (exact) mass is 462 g/mol. The van der Waals surface area contributed by atoms with E-state index in [-0.39, 0.29) is 39.6 Å². The fourth-order valence-electron chi connectivity index (χ4n) is 10.8. The van der Waals surface area contributed by atoms with E-state index >= 15 is 0 Å². The smallest absolute Gasteiger partial charge is 0.160 e. The summed E-state index contributed by atoms with van der Waals surface area (Å²) in [7, 11) is 0. The van der Waals surface area contributed by atoms with Crippen molar-refractivity contribution in [1.29, 1.82) is 0 Å². The molecular formula is C32H46O2. The Morgan fingerprint density at radius 1 is 1.03 bits per heavy atom. The molecule has 0 heterocycles. The van der Waals surface area contributed by atoms with Gasteiger partial charge in [0.15, 0.2) is 5.78 Å². The molecule has 0 unspecified atom stereocenters. The van der Waals surface area contributed by atoms with Gasteiger partial charge in [-0.1, -0.05) is 66.0 Å². The van der Waals surface area contributed by atoms with Crippen molar-refractivity contribution < 1.29 is 9.90 Å². The number of hydrogen-bond donors (Lipinski definition) is 1. The van der Waals surface area contributed by atoms with Gasteiger partial charge in [-0.2, -0.15) is 0 Å². The summed E-state index contributed by atoms with van der Waals surface area (Å²) in [5.41, 5.74) is 4.11. The van der Waals surface area contributed by atoms with Crippen LogP contribution >= 0.6 is 0 Å². The van der Waals surface area contributed by atoms with Gasteiger partial charge in [0, 0.05) is 22.8 Å². The van der Waals surface area contributed by atoms with E-state index in [0.717, 1.165) is 31.3 Å². The van der Waals surface area contributed by atoms with Gasteiger partial charge in [0.2, 0.25) is 0 Å². The highest BCUT2D eigenvalue weighted by Gasteiger charge is 2.69. The summed E-state index contributed by atoms with van der Waals surface area (Å²) >= 11 is 0. The standard InChI is InChI=1S/C32H46O2/c1-9-21-12-14-29(6)24(28(21,4)5)13-15-31(8)25(29)11-10-22-27-26(20(2)3)23(34)18-32(27,19-33)17-16-30(22,31)7/h1,12,20,22,24-25,33H,10-11,13-19H2,2-8H3/t22-,24+,25-,29+,30-,31-,32+/m1/s1. The number of carbonyl (C=O) groups is 1. The highest BCUT2D eigenvalue weighted by Crippen LogP contribution is 2.76. The third-order valence-corrected chi connectivity index (χ3v) is 12.6. The average molecular weight is 463 g/mol. The Labute approximate surface area is 208 Å². The van der Waals surface area contributed by atoms with Crippen LogP contribution in [0.1, 0.15) is 99.8 Å². The van der Waals surface area contributed by atoms with Crippen molar-refractivity contribution in [2.24, 2.45) is 50.7 Å². The Kier molecular flexibility index (Phi) is 5.27. The van der Waals surface area contributed by atoms with Gasteiger partial charge in [0.05, 0.1) is 6.61 Å². The van der Waals surface area contributed by atoms with Crippen LogP contribution < -0.4 is 0 Å². The lowest BCUT2D eigenvalue weighted by Crippen LogP contribution is -2.64. The summed E-state index contributed by atoms with van der Waals surface area (Å²) < 4.78 is 0. The molecule has 0 aromatic carbocycles. The summed E-state index contributed by atoms with van der Waals surface area (Å²) in [5, 5.41) is 10.6. The van der Waals surface area contributed by atoms with Crippen LogP contribution in [0.15, 0.2) is 22.8 Å². The van der Waals surface area contributed by atoms with E-state index in [2.05, 4.69) is 60.5 Å². The van der Waals surface area contributed by atoms with Gasteiger partial charge >= 0.3 is 0 Å². The quantitative estimate of drug-likeness (QED) is 0.443. The molecule has 0 aromatic rings. The fraction of sp³-hybridized carbons (Fsp3) is 0.781. The Morgan fingerprint density at radius 3 is 2.35 bits per heavy atom. The molecule has 0 aromatic heterocycles. The average Bonchev–Trinajstić information content (AvgIpc) is 3.06. The molecule has 34 heavy (non-hydrogen) atoms. The summed E-state index contributed by atoms with van der Waals surface area (Å²) in [6.07, 6.45) is 16.9. The van der Waals surface area contributed by atoms with Crippen LogP contribution in [0.5, 0.6) is 0 Å². The number of ketones is 1. The lowest BCUT2D eigenvalue weighted by Gasteiger charge is -2.71. The molecule has 5 aliphatic carbocycles. The minimum atomic E-state index is -0.289. The van der Waals surface area contributed by atoms with Gasteiger partial charge in [-0.3, -0.25) is 4.79 Å². The zero-order valence-corrected chi connectivity index (χ0v) is 22.7. The van der Waals surface area contributed by atoms with Gasteiger partial charge in [-0.25, -0.2) is 0 Å². The van der Waals surface area contributed by atoms with E-state index in [1.807, 2.05) is 0 Å². The molecule has 1 N–H and O–H groups in total. The Hall–Kier alpha value is -1.33. The number of hydrogen-bond acceptors (Lipinski definition) is 2. The van der Waals surface area contributed by atoms with E-state index in [1.165, 1.54) is 30.4 Å². The third-order valence-electron chi connectivity index (χ3n) is 12.6. The summed E-state index contributed by atoms with van der Waals surface area (Å²) in [6.45, 7) is 17.0. The molecule has 3 saturated carbocycles. The highest BCUT2D eigenvalue weighted by atomic mass is 16.3. The van der Waals surface area contributed by atoms with E-state index in [4.69, 9.17) is 6.42 Å². The molecule has 2 nitrogen and oxygen atoms in total. The maximum atomic E-state index is 13.3. The van der Waals surface area contributed by atoms with Crippen LogP contribution in [-0.2, 0) is 4.79 Å². The van der Waals surface area contributed by atoms with Crippen molar-refractivity contribution in [3.8, 4) is 12.3 Å². The molecule has 0 saturated heterocycles. The molecule has 5 rings (SSSR count). The van der Waals surface area contributed by atoms with E-state index in [1.54, 1.807) is 0 Å².